The van der Waals surface area contributed by atoms with Crippen LogP contribution in [0.3, 0.4) is 0 Å². The van der Waals surface area contributed by atoms with E-state index in [2.05, 4.69) is 0 Å². The quantitative estimate of drug-likeness (QED) is 0.533. The molecule has 0 aromatic carbocycles. The van der Waals surface area contributed by atoms with E-state index >= 15 is 0 Å². The highest BCUT2D eigenvalue weighted by Crippen LogP contribution is 2.15. The van der Waals surface area contributed by atoms with Crippen LogP contribution in [0, 0.1) is 0 Å². The molecule has 0 saturated heterocycles. The van der Waals surface area contributed by atoms with Crippen LogP contribution in [0.4, 0.5) is 4.79 Å². The zero-order chi connectivity index (χ0) is 4.57. The van der Waals surface area contributed by atoms with Gasteiger partial charge < -0.3 is 11.3 Å². The van der Waals surface area contributed by atoms with Crippen LogP contribution < -0.4 is 6.15 Å². The Kier molecular flexibility index (Phi) is 2.00. The number of hydrogen-bond donors (Lipinski definition) is 2. The molecule has 1 aromatic heterocycles. The van der Waals surface area contributed by atoms with Crippen LogP contribution in [-0.4, -0.2) is 14.5 Å². The second-order valence-electron chi connectivity index (χ2n) is 0.689. The van der Waals surface area contributed by atoms with Crippen molar-refractivity contribution in [2.45, 2.75) is 0 Å². The fraction of sp³-hybridized carbons (Fsp3) is 0. The predicted molar refractivity (Wildman–Crippen MR) is 28.6 cm³/mol. The van der Waals surface area contributed by atoms with E-state index in [1.807, 2.05) is 0 Å². The minimum absolute atomic E-state index is 0. The lowest BCUT2D eigenvalue weighted by Gasteiger charge is -1.69. The summed E-state index contributed by atoms with van der Waals surface area (Å²) in [7, 11) is 2.45. The maximum atomic E-state index is 9.65. The van der Waals surface area contributed by atoms with Crippen LogP contribution in [0.1, 0.15) is 0 Å². The smallest absolute Gasteiger partial charge is 0.436 e. The molecular weight excluding hydrogens is 136 g/mol. The van der Waals surface area contributed by atoms with Gasteiger partial charge in [0.15, 0.2) is 0 Å². The summed E-state index contributed by atoms with van der Waals surface area (Å²) in [5.41, 5.74) is 0. The van der Waals surface area contributed by atoms with Gasteiger partial charge in [0.2, 0.25) is 0 Å². The van der Waals surface area contributed by atoms with Crippen molar-refractivity contribution in [3.8, 4) is 0 Å². The van der Waals surface area contributed by atoms with E-state index in [4.69, 9.17) is 5.11 Å². The van der Waals surface area contributed by atoms with Gasteiger partial charge in [-0.05, 0) is 0 Å². The van der Waals surface area contributed by atoms with Gasteiger partial charge in [-0.25, -0.2) is 4.79 Å². The van der Waals surface area contributed by atoms with Crippen LogP contribution in [0.5, 0.6) is 0 Å². The lowest BCUT2D eigenvalue weighted by molar-refractivity contribution is 0.201. The third kappa shape index (κ3) is 1.72. The minimum atomic E-state index is -0.870. The Morgan fingerprint density at radius 2 is 2.00 bits per heavy atom. The lowest BCUT2D eigenvalue weighted by atomic mass is 11.3. The second kappa shape index (κ2) is 2.10. The van der Waals surface area contributed by atoms with Crippen LogP contribution in [-0.2, 0) is 0 Å². The Hall–Kier alpha value is -0.330. The van der Waals surface area contributed by atoms with E-state index in [0.717, 1.165) is 0 Å². The van der Waals surface area contributed by atoms with Crippen molar-refractivity contribution in [2.24, 2.45) is 0 Å². The highest BCUT2D eigenvalue weighted by molar-refractivity contribution is 7.77. The number of nitrogens with zero attached hydrogens (tertiary/aromatic N) is 1. The maximum absolute atomic E-state index is 9.65. The second-order valence-corrected chi connectivity index (χ2v) is 2.84. The van der Waals surface area contributed by atoms with E-state index in [-0.39, 0.29) is 6.15 Å². The maximum Gasteiger partial charge on any atom is 0.436 e. The number of rotatable bonds is 0. The zero-order valence-corrected chi connectivity index (χ0v) is 4.96. The average Bonchev–Trinajstić information content (AvgIpc) is 2.06. The fourth-order valence-corrected chi connectivity index (χ4v) is 0.724. The summed E-state index contributed by atoms with van der Waals surface area (Å²) in [5, 5.41) is 7.94. The normalized spacial score (nSPS) is 8.00. The molecule has 0 atom stereocenters. The number of aromatic nitrogens is 1. The molecule has 1 aromatic rings. The molecular formula is CH4N2O2S2. The van der Waals surface area contributed by atoms with Gasteiger partial charge in [-0.3, -0.25) is 0 Å². The number of carboxylic acid groups (broad SMARTS) is 1. The highest BCUT2D eigenvalue weighted by atomic mass is 33.0. The van der Waals surface area contributed by atoms with Gasteiger partial charge in [0.1, 0.15) is 0 Å². The van der Waals surface area contributed by atoms with Gasteiger partial charge in [-0.15, -0.1) is 3.35 Å². The summed E-state index contributed by atoms with van der Waals surface area (Å²) >= 11 is 0. The van der Waals surface area contributed by atoms with Gasteiger partial charge in [-0.2, -0.15) is 0 Å². The molecule has 4 N–H and O–H groups in total. The van der Waals surface area contributed by atoms with E-state index in [1.54, 1.807) is 0 Å². The van der Waals surface area contributed by atoms with Gasteiger partial charge in [-0.1, -0.05) is 0 Å². The molecule has 0 amide bonds. The molecule has 4 nitrogen and oxygen atoms in total. The monoisotopic (exact) mass is 140 g/mol. The summed E-state index contributed by atoms with van der Waals surface area (Å²) < 4.78 is 1.17. The molecule has 42 valence electrons. The third-order valence-electron chi connectivity index (χ3n) is 0.305. The molecule has 0 radical (unpaired) electrons. The molecule has 0 unspecified atom stereocenters. The van der Waals surface area contributed by atoms with E-state index in [9.17, 15) is 4.79 Å². The van der Waals surface area contributed by atoms with Crippen molar-refractivity contribution in [3.63, 3.8) is 0 Å². The molecule has 1 rings (SSSR count). The minimum Gasteiger partial charge on any atom is -0.463 e. The van der Waals surface area contributed by atoms with Gasteiger partial charge in [0, 0.05) is 21.1 Å². The van der Waals surface area contributed by atoms with Crippen LogP contribution in [0.15, 0.2) is 0 Å². The molecule has 1 heterocycles. The van der Waals surface area contributed by atoms with Crippen LogP contribution in [0.2, 0.25) is 0 Å². The Balaban J connectivity index is 0.000000360. The Morgan fingerprint density at radius 3 is 2.00 bits per heavy atom. The first-order chi connectivity index (χ1) is 2.80. The topological polar surface area (TPSA) is 77.2 Å². The summed E-state index contributed by atoms with van der Waals surface area (Å²) in [5.74, 6) is 0. The highest BCUT2D eigenvalue weighted by Gasteiger charge is 2.03. The Morgan fingerprint density at radius 1 is 1.57 bits per heavy atom. The summed E-state index contributed by atoms with van der Waals surface area (Å²) in [6, 6.07) is 0. The van der Waals surface area contributed by atoms with Crippen LogP contribution in [0.25, 0.3) is 0 Å². The molecule has 0 aliphatic heterocycles. The van der Waals surface area contributed by atoms with Crippen LogP contribution >= 0.6 is 21.1 Å². The predicted octanol–water partition coefficient (Wildman–Crippen LogP) is 1.30. The van der Waals surface area contributed by atoms with Gasteiger partial charge in [0.25, 0.3) is 0 Å². The molecule has 0 bridgehead atoms. The first-order valence-electron chi connectivity index (χ1n) is 1.18. The zero-order valence-electron chi connectivity index (χ0n) is 3.33. The Bertz CT molecular complexity index is 131. The SMILES string of the molecule is N.O=C(O)n1ss1. The first-order valence-corrected chi connectivity index (χ1v) is 3.25. The molecule has 7 heavy (non-hydrogen) atoms. The summed E-state index contributed by atoms with van der Waals surface area (Å²) in [6.45, 7) is 0. The number of carbonyl (C=O) groups is 1. The molecule has 0 saturated carbocycles. The van der Waals surface area contributed by atoms with Crippen molar-refractivity contribution in [3.05, 3.63) is 0 Å². The largest absolute Gasteiger partial charge is 0.463 e. The van der Waals surface area contributed by atoms with Crippen molar-refractivity contribution in [2.75, 3.05) is 0 Å². The summed E-state index contributed by atoms with van der Waals surface area (Å²) in [4.78, 5) is 9.65. The summed E-state index contributed by atoms with van der Waals surface area (Å²) in [6.07, 6.45) is -0.870. The molecule has 6 heteroatoms. The van der Waals surface area contributed by atoms with Crippen molar-refractivity contribution in [1.82, 2.24) is 9.50 Å². The van der Waals surface area contributed by atoms with E-state index < -0.39 is 6.09 Å². The van der Waals surface area contributed by atoms with Crippen molar-refractivity contribution in [1.29, 1.82) is 0 Å². The first kappa shape index (κ1) is 6.67. The molecule has 0 fully saturated rings. The average molecular weight is 140 g/mol. The van der Waals surface area contributed by atoms with E-state index in [0.29, 0.717) is 0 Å². The van der Waals surface area contributed by atoms with Gasteiger partial charge >= 0.3 is 6.09 Å². The molecule has 0 aliphatic carbocycles. The third-order valence-corrected chi connectivity index (χ3v) is 1.81. The molecule has 0 spiro atoms. The lowest BCUT2D eigenvalue weighted by Crippen LogP contribution is -1.93. The Labute approximate surface area is 47.2 Å². The van der Waals surface area contributed by atoms with Crippen molar-refractivity contribution >= 4 is 27.2 Å². The van der Waals surface area contributed by atoms with E-state index in [1.165, 1.54) is 24.4 Å². The fourth-order valence-electron chi connectivity index (χ4n) is 0.0804. The van der Waals surface area contributed by atoms with Crippen molar-refractivity contribution < 1.29 is 9.90 Å². The molecule has 0 aliphatic rings. The standard InChI is InChI=1S/CHNO2S2.H3N/c3-1(4)2-5-6-2;/h(H,3,4);1H3. The number of hydrogen-bond acceptors (Lipinski definition) is 4. The van der Waals surface area contributed by atoms with Gasteiger partial charge in [0.05, 0.1) is 0 Å².